The molecule has 156 valence electrons. The van der Waals surface area contributed by atoms with Crippen molar-refractivity contribution in [2.45, 2.75) is 32.1 Å². The molecule has 0 spiro atoms. The summed E-state index contributed by atoms with van der Waals surface area (Å²) >= 11 is 0. The summed E-state index contributed by atoms with van der Waals surface area (Å²) in [7, 11) is 2.17. The zero-order chi connectivity index (χ0) is 20.8. The number of hydrogen-bond donors (Lipinski definition) is 1. The van der Waals surface area contributed by atoms with Crippen molar-refractivity contribution < 1.29 is 15.8 Å². The van der Waals surface area contributed by atoms with Crippen molar-refractivity contribution in [1.29, 1.82) is 0 Å². The highest BCUT2D eigenvalue weighted by Crippen LogP contribution is 2.44. The second-order valence-corrected chi connectivity index (χ2v) is 8.08. The van der Waals surface area contributed by atoms with Crippen LogP contribution in [0, 0.1) is 11.8 Å². The van der Waals surface area contributed by atoms with Gasteiger partial charge in [0.1, 0.15) is 12.5 Å². The molecule has 5 heteroatoms. The monoisotopic (exact) mass is 396 g/mol. The minimum absolute atomic E-state index is 0. The van der Waals surface area contributed by atoms with Crippen molar-refractivity contribution in [1.82, 2.24) is 9.88 Å². The molecule has 2 aliphatic carbocycles. The zero-order valence-corrected chi connectivity index (χ0v) is 17.3. The lowest BCUT2D eigenvalue weighted by Gasteiger charge is -2.28. The van der Waals surface area contributed by atoms with E-state index in [1.165, 1.54) is 35.8 Å². The minimum Gasteiger partial charge on any atom is -0.429 e. The molecular formula is C24H32N2O3. The Morgan fingerprint density at radius 1 is 1.24 bits per heavy atom. The Morgan fingerprint density at radius 2 is 2.00 bits per heavy atom. The molecule has 1 saturated heterocycles. The van der Waals surface area contributed by atoms with Crippen LogP contribution in [-0.4, -0.2) is 43.3 Å². The maximum Gasteiger partial charge on any atom is 0.298 e. The lowest BCUT2D eigenvalue weighted by molar-refractivity contribution is -0.120. The first kappa shape index (κ1) is 21.1. The number of rotatable bonds is 3. The van der Waals surface area contributed by atoms with Crippen LogP contribution in [0.5, 0.6) is 5.75 Å². The van der Waals surface area contributed by atoms with Gasteiger partial charge in [0.2, 0.25) is 0 Å². The molecule has 0 amide bonds. The summed E-state index contributed by atoms with van der Waals surface area (Å²) in [5.41, 5.74) is 3.90. The molecule has 1 aliphatic heterocycles. The highest BCUT2D eigenvalue weighted by Gasteiger charge is 2.34. The van der Waals surface area contributed by atoms with Crippen molar-refractivity contribution in [2.24, 2.45) is 11.8 Å². The Morgan fingerprint density at radius 3 is 2.66 bits per heavy atom. The number of allylic oxidation sites excluding steroid dienone is 4. The molecular weight excluding hydrogens is 364 g/mol. The molecule has 2 unspecified atom stereocenters. The van der Waals surface area contributed by atoms with Gasteiger partial charge in [-0.05, 0) is 87.8 Å². The van der Waals surface area contributed by atoms with Crippen LogP contribution < -0.4 is 4.74 Å². The molecule has 5 nitrogen and oxygen atoms in total. The summed E-state index contributed by atoms with van der Waals surface area (Å²) < 4.78 is 4.94. The summed E-state index contributed by atoms with van der Waals surface area (Å²) in [6.45, 7) is 6.93. The van der Waals surface area contributed by atoms with Crippen molar-refractivity contribution >= 4 is 24.2 Å². The first-order valence-corrected chi connectivity index (χ1v) is 10.2. The van der Waals surface area contributed by atoms with Crippen molar-refractivity contribution in [2.75, 3.05) is 20.1 Å². The Labute approximate surface area is 173 Å². The number of carbonyl (C=O) groups excluding carboxylic acids is 2. The third-order valence-corrected chi connectivity index (χ3v) is 6.00. The third-order valence-electron chi connectivity index (χ3n) is 6.00. The number of fused-ring (bicyclic) bond motifs is 2. The number of hydrogen-bond acceptors (Lipinski definition) is 4. The van der Waals surface area contributed by atoms with Crippen LogP contribution >= 0.6 is 0 Å². The van der Waals surface area contributed by atoms with Crippen molar-refractivity contribution in [3.63, 3.8) is 0 Å². The molecule has 2 fully saturated rings. The highest BCUT2D eigenvalue weighted by atomic mass is 16.5. The normalized spacial score (nSPS) is 23.0. The summed E-state index contributed by atoms with van der Waals surface area (Å²) in [6, 6.07) is 5.73. The summed E-state index contributed by atoms with van der Waals surface area (Å²) in [5, 5.41) is 1.17. The highest BCUT2D eigenvalue weighted by molar-refractivity contribution is 5.85. The van der Waals surface area contributed by atoms with E-state index >= 15 is 0 Å². The van der Waals surface area contributed by atoms with Crippen molar-refractivity contribution in [3.8, 4) is 5.75 Å². The van der Waals surface area contributed by atoms with Gasteiger partial charge in [-0.3, -0.25) is 4.79 Å². The number of benzene rings is 1. The van der Waals surface area contributed by atoms with E-state index in [2.05, 4.69) is 48.3 Å². The average Bonchev–Trinajstić information content (AvgIpc) is 3.39. The molecule has 2 heterocycles. The van der Waals surface area contributed by atoms with Gasteiger partial charge in [0.15, 0.2) is 0 Å². The fraction of sp³-hybridized carbons (Fsp3) is 0.417. The smallest absolute Gasteiger partial charge is 0.298 e. The average molecular weight is 397 g/mol. The van der Waals surface area contributed by atoms with Crippen LogP contribution in [0.2, 0.25) is 0 Å². The predicted octanol–water partition coefficient (Wildman–Crippen LogP) is 4.71. The molecule has 2 atom stereocenters. The van der Waals surface area contributed by atoms with E-state index in [4.69, 9.17) is 9.53 Å². The number of carbonyl (C=O) groups is 2. The van der Waals surface area contributed by atoms with Gasteiger partial charge in [-0.1, -0.05) is 23.8 Å². The minimum atomic E-state index is 0. The van der Waals surface area contributed by atoms with Crippen LogP contribution in [0.1, 0.15) is 39.1 Å². The first-order valence-electron chi connectivity index (χ1n) is 10.2. The van der Waals surface area contributed by atoms with Crippen LogP contribution in [0.4, 0.5) is 0 Å². The largest absolute Gasteiger partial charge is 0.429 e. The molecule has 5 rings (SSSR count). The number of ether oxygens (including phenoxy) is 1. The second kappa shape index (κ2) is 9.70. The molecule has 29 heavy (non-hydrogen) atoms. The van der Waals surface area contributed by atoms with E-state index in [0.29, 0.717) is 18.1 Å². The van der Waals surface area contributed by atoms with E-state index in [9.17, 15) is 4.79 Å². The lowest BCUT2D eigenvalue weighted by atomic mass is 9.89. The maximum absolute atomic E-state index is 10.4. The second-order valence-electron chi connectivity index (χ2n) is 8.08. The van der Waals surface area contributed by atoms with Gasteiger partial charge in [-0.15, -0.1) is 0 Å². The van der Waals surface area contributed by atoms with E-state index in [1.54, 1.807) is 0 Å². The number of nitrogens with one attached hydrogen (secondary N) is 1. The zero-order valence-electron chi connectivity index (χ0n) is 17.3. The molecule has 1 N–H and O–H groups in total. The number of aromatic amines is 1. The number of H-pyrrole nitrogens is 1. The number of piperidine rings is 1. The van der Waals surface area contributed by atoms with E-state index in [1.807, 2.05) is 25.0 Å². The fourth-order valence-corrected chi connectivity index (χ4v) is 4.22. The Hall–Kier alpha value is -2.66. The van der Waals surface area contributed by atoms with Gasteiger partial charge in [0.05, 0.1) is 0 Å². The van der Waals surface area contributed by atoms with Crippen LogP contribution in [0.25, 0.3) is 10.9 Å². The van der Waals surface area contributed by atoms with Crippen LogP contribution in [0.3, 0.4) is 0 Å². The third kappa shape index (κ3) is 5.24. The van der Waals surface area contributed by atoms with Crippen molar-refractivity contribution in [3.05, 3.63) is 53.8 Å². The Kier molecular flexibility index (Phi) is 7.04. The van der Waals surface area contributed by atoms with Gasteiger partial charge in [-0.25, -0.2) is 0 Å². The standard InChI is InChI=1S/C15H18N2O2.C8H10.CH2O.H2/c1-17-6-4-11(5-7-17)14-9-16-15-3-2-12(19-10-18)8-13(14)15;1-6-2-3-7-5-8(7)4-6;1-2;/h2-3,8-11,16H,4-7H2,1H3;2-4,7-8H,5H2,1H3;1H2;1H. The lowest BCUT2D eigenvalue weighted by Crippen LogP contribution is -2.29. The van der Waals surface area contributed by atoms with Crippen LogP contribution in [0.15, 0.2) is 48.2 Å². The summed E-state index contributed by atoms with van der Waals surface area (Å²) in [4.78, 5) is 24.1. The quantitative estimate of drug-likeness (QED) is 0.763. The topological polar surface area (TPSA) is 62.4 Å². The van der Waals surface area contributed by atoms with Gasteiger partial charge in [0, 0.05) is 18.5 Å². The number of likely N-dealkylation sites (tertiary alicyclic amines) is 1. The first-order chi connectivity index (χ1) is 14.1. The van der Waals surface area contributed by atoms with E-state index in [0.717, 1.165) is 30.4 Å². The molecule has 0 radical (unpaired) electrons. The van der Waals surface area contributed by atoms with Gasteiger partial charge >= 0.3 is 0 Å². The summed E-state index contributed by atoms with van der Waals surface area (Å²) in [6.07, 6.45) is 12.8. The molecule has 1 saturated carbocycles. The Bertz CT molecular complexity index is 897. The molecule has 3 aliphatic rings. The summed E-state index contributed by atoms with van der Waals surface area (Å²) in [5.74, 6) is 3.06. The van der Waals surface area contributed by atoms with Gasteiger partial charge < -0.3 is 19.4 Å². The van der Waals surface area contributed by atoms with Gasteiger partial charge in [-0.2, -0.15) is 0 Å². The SMILES string of the molecule is C=O.CC1=CC2CC2C=C1.CN1CCC(c2c[nH]c3ccc(OC=O)cc23)CC1.[HH]. The van der Waals surface area contributed by atoms with E-state index < -0.39 is 0 Å². The fourth-order valence-electron chi connectivity index (χ4n) is 4.22. The Balaban J connectivity index is 0.000000243. The maximum atomic E-state index is 10.4. The molecule has 2 aromatic rings. The van der Waals surface area contributed by atoms with Crippen LogP contribution in [-0.2, 0) is 9.59 Å². The van der Waals surface area contributed by atoms with Gasteiger partial charge in [0.25, 0.3) is 6.47 Å². The molecule has 0 bridgehead atoms. The van der Waals surface area contributed by atoms with E-state index in [-0.39, 0.29) is 1.43 Å². The number of nitrogens with zero attached hydrogens (tertiary/aromatic N) is 1. The molecule has 1 aromatic carbocycles. The predicted molar refractivity (Wildman–Crippen MR) is 118 cm³/mol. The molecule has 1 aromatic heterocycles. The number of aromatic nitrogens is 1.